The van der Waals surface area contributed by atoms with E-state index in [9.17, 15) is 5.11 Å². The lowest BCUT2D eigenvalue weighted by atomic mass is 10.1. The SMILES string of the molecule is OC(CNC1CCOC1C1CC1)c1cccs1. The molecule has 1 aliphatic carbocycles. The zero-order chi connectivity index (χ0) is 11.7. The van der Waals surface area contributed by atoms with Crippen molar-refractivity contribution in [2.45, 2.75) is 37.5 Å². The van der Waals surface area contributed by atoms with Crippen molar-refractivity contribution in [3.05, 3.63) is 22.4 Å². The van der Waals surface area contributed by atoms with E-state index in [1.165, 1.54) is 12.8 Å². The van der Waals surface area contributed by atoms with Gasteiger partial charge in [0.05, 0.1) is 6.10 Å². The quantitative estimate of drug-likeness (QED) is 0.842. The Hall–Kier alpha value is -0.420. The summed E-state index contributed by atoms with van der Waals surface area (Å²) in [4.78, 5) is 1.04. The maximum Gasteiger partial charge on any atom is 0.101 e. The molecule has 1 aromatic rings. The molecule has 4 heteroatoms. The second kappa shape index (κ2) is 5.06. The van der Waals surface area contributed by atoms with Gasteiger partial charge in [0.15, 0.2) is 0 Å². The molecule has 0 radical (unpaired) electrons. The highest BCUT2D eigenvalue weighted by Gasteiger charge is 2.40. The van der Waals surface area contributed by atoms with E-state index in [2.05, 4.69) is 5.32 Å². The van der Waals surface area contributed by atoms with Crippen molar-refractivity contribution in [2.24, 2.45) is 5.92 Å². The first kappa shape index (κ1) is 11.7. The van der Waals surface area contributed by atoms with Crippen LogP contribution in [0, 0.1) is 5.92 Å². The van der Waals surface area contributed by atoms with Gasteiger partial charge in [-0.25, -0.2) is 0 Å². The standard InChI is InChI=1S/C13H19NO2S/c15-11(12-2-1-7-17-12)8-14-10-5-6-16-13(10)9-3-4-9/h1-2,7,9-11,13-15H,3-6,8H2. The van der Waals surface area contributed by atoms with E-state index in [-0.39, 0.29) is 6.10 Å². The van der Waals surface area contributed by atoms with Crippen LogP contribution in [-0.4, -0.2) is 30.4 Å². The molecule has 2 N–H and O–H groups in total. The Labute approximate surface area is 106 Å². The average molecular weight is 253 g/mol. The second-order valence-corrected chi connectivity index (χ2v) is 5.99. The summed E-state index contributed by atoms with van der Waals surface area (Å²) in [5.74, 6) is 0.772. The lowest BCUT2D eigenvalue weighted by Gasteiger charge is -2.21. The number of aliphatic hydroxyl groups excluding tert-OH is 1. The van der Waals surface area contributed by atoms with Crippen LogP contribution in [0.2, 0.25) is 0 Å². The molecule has 2 heterocycles. The Kier molecular flexibility index (Phi) is 3.47. The van der Waals surface area contributed by atoms with Gasteiger partial charge in [-0.15, -0.1) is 11.3 Å². The van der Waals surface area contributed by atoms with E-state index < -0.39 is 0 Å². The van der Waals surface area contributed by atoms with Crippen molar-refractivity contribution in [3.63, 3.8) is 0 Å². The van der Waals surface area contributed by atoms with Crippen LogP contribution in [0.5, 0.6) is 0 Å². The monoisotopic (exact) mass is 253 g/mol. The van der Waals surface area contributed by atoms with Crippen molar-refractivity contribution >= 4 is 11.3 Å². The predicted octanol–water partition coefficient (Wildman–Crippen LogP) is 1.94. The number of rotatable bonds is 5. The molecule has 0 amide bonds. The Balaban J connectivity index is 1.50. The van der Waals surface area contributed by atoms with Gasteiger partial charge in [0.1, 0.15) is 6.10 Å². The molecule has 0 spiro atoms. The topological polar surface area (TPSA) is 41.5 Å². The number of nitrogens with one attached hydrogen (secondary N) is 1. The summed E-state index contributed by atoms with van der Waals surface area (Å²) in [5.41, 5.74) is 0. The summed E-state index contributed by atoms with van der Waals surface area (Å²) in [6, 6.07) is 4.41. The zero-order valence-corrected chi connectivity index (χ0v) is 10.7. The third-order valence-corrected chi connectivity index (χ3v) is 4.64. The average Bonchev–Trinajstić information content (AvgIpc) is 2.87. The highest BCUT2D eigenvalue weighted by molar-refractivity contribution is 7.10. The minimum atomic E-state index is -0.379. The fraction of sp³-hybridized carbons (Fsp3) is 0.692. The van der Waals surface area contributed by atoms with Crippen LogP contribution in [0.15, 0.2) is 17.5 Å². The van der Waals surface area contributed by atoms with Gasteiger partial charge in [0, 0.05) is 24.1 Å². The molecule has 1 saturated heterocycles. The summed E-state index contributed by atoms with van der Waals surface area (Å²) in [5, 5.41) is 15.5. The van der Waals surface area contributed by atoms with Crippen LogP contribution < -0.4 is 5.32 Å². The van der Waals surface area contributed by atoms with E-state index in [0.717, 1.165) is 23.8 Å². The first-order valence-electron chi connectivity index (χ1n) is 6.41. The summed E-state index contributed by atoms with van der Waals surface area (Å²) < 4.78 is 5.77. The van der Waals surface area contributed by atoms with Crippen LogP contribution in [0.25, 0.3) is 0 Å². The van der Waals surface area contributed by atoms with Gasteiger partial charge in [-0.05, 0) is 36.6 Å². The van der Waals surface area contributed by atoms with Crippen molar-refractivity contribution < 1.29 is 9.84 Å². The van der Waals surface area contributed by atoms with Crippen molar-refractivity contribution in [1.29, 1.82) is 0 Å². The Bertz CT molecular complexity index is 350. The van der Waals surface area contributed by atoms with Crippen LogP contribution in [0.1, 0.15) is 30.2 Å². The molecule has 3 unspecified atom stereocenters. The highest BCUT2D eigenvalue weighted by Crippen LogP contribution is 2.38. The molecule has 0 bridgehead atoms. The largest absolute Gasteiger partial charge is 0.386 e. The normalized spacial score (nSPS) is 30.6. The van der Waals surface area contributed by atoms with Crippen molar-refractivity contribution in [3.8, 4) is 0 Å². The molecule has 2 fully saturated rings. The molecule has 3 nitrogen and oxygen atoms in total. The molecule has 3 atom stereocenters. The first-order chi connectivity index (χ1) is 8.34. The predicted molar refractivity (Wildman–Crippen MR) is 68.2 cm³/mol. The highest BCUT2D eigenvalue weighted by atomic mass is 32.1. The summed E-state index contributed by atoms with van der Waals surface area (Å²) >= 11 is 1.61. The van der Waals surface area contributed by atoms with Gasteiger partial charge in [0.25, 0.3) is 0 Å². The molecule has 1 aliphatic heterocycles. The van der Waals surface area contributed by atoms with Crippen LogP contribution in [-0.2, 0) is 4.74 Å². The number of thiophene rings is 1. The summed E-state index contributed by atoms with van der Waals surface area (Å²) in [7, 11) is 0. The molecule has 17 heavy (non-hydrogen) atoms. The maximum atomic E-state index is 10.0. The molecule has 1 aromatic heterocycles. The second-order valence-electron chi connectivity index (χ2n) is 5.01. The smallest absolute Gasteiger partial charge is 0.101 e. The number of hydrogen-bond acceptors (Lipinski definition) is 4. The van der Waals surface area contributed by atoms with Gasteiger partial charge in [-0.1, -0.05) is 6.07 Å². The Morgan fingerprint density at radius 3 is 3.06 bits per heavy atom. The third kappa shape index (κ3) is 2.71. The molecular formula is C13H19NO2S. The van der Waals surface area contributed by atoms with Crippen molar-refractivity contribution in [1.82, 2.24) is 5.32 Å². The van der Waals surface area contributed by atoms with E-state index in [1.807, 2.05) is 17.5 Å². The number of aliphatic hydroxyl groups is 1. The molecule has 94 valence electrons. The first-order valence-corrected chi connectivity index (χ1v) is 7.29. The van der Waals surface area contributed by atoms with E-state index in [4.69, 9.17) is 4.74 Å². The van der Waals surface area contributed by atoms with Gasteiger partial charge in [-0.3, -0.25) is 0 Å². The van der Waals surface area contributed by atoms with Crippen molar-refractivity contribution in [2.75, 3.05) is 13.2 Å². The Morgan fingerprint density at radius 2 is 2.35 bits per heavy atom. The van der Waals surface area contributed by atoms with Gasteiger partial charge >= 0.3 is 0 Å². The van der Waals surface area contributed by atoms with Crippen LogP contribution >= 0.6 is 11.3 Å². The van der Waals surface area contributed by atoms with E-state index >= 15 is 0 Å². The summed E-state index contributed by atoms with van der Waals surface area (Å²) in [6.07, 6.45) is 3.73. The Morgan fingerprint density at radius 1 is 1.47 bits per heavy atom. The number of ether oxygens (including phenoxy) is 1. The summed E-state index contributed by atoms with van der Waals surface area (Å²) in [6.45, 7) is 1.51. The van der Waals surface area contributed by atoms with Crippen LogP contribution in [0.4, 0.5) is 0 Å². The van der Waals surface area contributed by atoms with Gasteiger partial charge < -0.3 is 15.2 Å². The molecule has 2 aliphatic rings. The lowest BCUT2D eigenvalue weighted by Crippen LogP contribution is -2.39. The minimum Gasteiger partial charge on any atom is -0.386 e. The van der Waals surface area contributed by atoms with Crippen LogP contribution in [0.3, 0.4) is 0 Å². The van der Waals surface area contributed by atoms with Gasteiger partial charge in [0.2, 0.25) is 0 Å². The molecule has 3 rings (SSSR count). The van der Waals surface area contributed by atoms with E-state index in [0.29, 0.717) is 18.7 Å². The lowest BCUT2D eigenvalue weighted by molar-refractivity contribution is 0.0772. The zero-order valence-electron chi connectivity index (χ0n) is 9.84. The van der Waals surface area contributed by atoms with Gasteiger partial charge in [-0.2, -0.15) is 0 Å². The molecular weight excluding hydrogens is 234 g/mol. The maximum absolute atomic E-state index is 10.0. The fourth-order valence-corrected chi connectivity index (χ4v) is 3.28. The van der Waals surface area contributed by atoms with E-state index in [1.54, 1.807) is 11.3 Å². The third-order valence-electron chi connectivity index (χ3n) is 3.67. The number of hydrogen-bond donors (Lipinski definition) is 2. The fourth-order valence-electron chi connectivity index (χ4n) is 2.56. The molecule has 0 aromatic carbocycles. The molecule has 1 saturated carbocycles. The minimum absolute atomic E-state index is 0.379.